The van der Waals surface area contributed by atoms with Gasteiger partial charge in [0.2, 0.25) is 15.9 Å². The van der Waals surface area contributed by atoms with Crippen LogP contribution in [0.1, 0.15) is 38.0 Å². The van der Waals surface area contributed by atoms with Crippen LogP contribution in [0.4, 0.5) is 0 Å². The van der Waals surface area contributed by atoms with Gasteiger partial charge in [0, 0.05) is 13.5 Å². The van der Waals surface area contributed by atoms with Gasteiger partial charge < -0.3 is 9.26 Å². The van der Waals surface area contributed by atoms with Crippen LogP contribution >= 0.6 is 0 Å². The van der Waals surface area contributed by atoms with E-state index in [0.29, 0.717) is 25.3 Å². The van der Waals surface area contributed by atoms with Crippen LogP contribution < -0.4 is 4.72 Å². The molecule has 0 aliphatic heterocycles. The first-order valence-corrected chi connectivity index (χ1v) is 7.45. The van der Waals surface area contributed by atoms with E-state index < -0.39 is 16.1 Å². The molecule has 1 N–H and O–H groups in total. The number of hydrogen-bond donors (Lipinski definition) is 1. The Morgan fingerprint density at radius 2 is 2.22 bits per heavy atom. The number of aromatic nitrogens is 2. The molecule has 1 heterocycles. The third-order valence-corrected chi connectivity index (χ3v) is 3.87. The summed E-state index contributed by atoms with van der Waals surface area (Å²) in [7, 11) is -1.70. The molecule has 0 saturated heterocycles. The van der Waals surface area contributed by atoms with Crippen molar-refractivity contribution in [1.29, 1.82) is 0 Å². The Morgan fingerprint density at radius 3 is 2.83 bits per heavy atom. The molecule has 0 radical (unpaired) electrons. The highest BCUT2D eigenvalue weighted by atomic mass is 32.2. The molecule has 0 spiro atoms. The van der Waals surface area contributed by atoms with E-state index in [4.69, 9.17) is 9.26 Å². The summed E-state index contributed by atoms with van der Waals surface area (Å²) in [6, 6.07) is -0.523. The third-order valence-electron chi connectivity index (χ3n) is 2.21. The van der Waals surface area contributed by atoms with Crippen LogP contribution in [0, 0.1) is 0 Å². The van der Waals surface area contributed by atoms with Crippen LogP contribution in [0.3, 0.4) is 0 Å². The highest BCUT2D eigenvalue weighted by Crippen LogP contribution is 2.11. The summed E-state index contributed by atoms with van der Waals surface area (Å²) in [6.45, 7) is 3.97. The fourth-order valence-corrected chi connectivity index (χ4v) is 2.68. The maximum atomic E-state index is 11.6. The lowest BCUT2D eigenvalue weighted by Crippen LogP contribution is -2.29. The number of ether oxygens (including phenoxy) is 1. The van der Waals surface area contributed by atoms with Gasteiger partial charge in [-0.1, -0.05) is 12.1 Å². The SMILES string of the molecule is CCCS(=O)(=O)NC(C)c1nc(CCOC)no1. The van der Waals surface area contributed by atoms with Gasteiger partial charge in [-0.3, -0.25) is 0 Å². The second-order valence-corrected chi connectivity index (χ2v) is 5.82. The van der Waals surface area contributed by atoms with Crippen LogP contribution in [0.25, 0.3) is 0 Å². The first-order chi connectivity index (χ1) is 8.48. The molecule has 18 heavy (non-hydrogen) atoms. The molecule has 8 heteroatoms. The summed E-state index contributed by atoms with van der Waals surface area (Å²) in [5.41, 5.74) is 0. The lowest BCUT2D eigenvalue weighted by molar-refractivity contribution is 0.199. The molecule has 0 amide bonds. The van der Waals surface area contributed by atoms with E-state index in [1.807, 2.05) is 0 Å². The highest BCUT2D eigenvalue weighted by Gasteiger charge is 2.19. The fraction of sp³-hybridized carbons (Fsp3) is 0.800. The molecule has 1 unspecified atom stereocenters. The minimum absolute atomic E-state index is 0.0853. The highest BCUT2D eigenvalue weighted by molar-refractivity contribution is 7.89. The van der Waals surface area contributed by atoms with E-state index in [0.717, 1.165) is 0 Å². The van der Waals surface area contributed by atoms with Gasteiger partial charge in [-0.25, -0.2) is 13.1 Å². The first-order valence-electron chi connectivity index (χ1n) is 5.80. The van der Waals surface area contributed by atoms with Gasteiger partial charge >= 0.3 is 0 Å². The minimum Gasteiger partial charge on any atom is -0.384 e. The van der Waals surface area contributed by atoms with Crippen molar-refractivity contribution in [2.24, 2.45) is 0 Å². The Hall–Kier alpha value is -0.990. The molecule has 0 saturated carbocycles. The van der Waals surface area contributed by atoms with Crippen LogP contribution in [0.15, 0.2) is 4.52 Å². The average molecular weight is 277 g/mol. The topological polar surface area (TPSA) is 94.3 Å². The van der Waals surface area contributed by atoms with Gasteiger partial charge in [-0.05, 0) is 13.3 Å². The Morgan fingerprint density at radius 1 is 1.50 bits per heavy atom. The molecule has 7 nitrogen and oxygen atoms in total. The third kappa shape index (κ3) is 4.71. The summed E-state index contributed by atoms with van der Waals surface area (Å²) in [5, 5.41) is 3.75. The van der Waals surface area contributed by atoms with E-state index in [1.54, 1.807) is 21.0 Å². The molecule has 104 valence electrons. The Kier molecular flexibility index (Phi) is 5.70. The van der Waals surface area contributed by atoms with Crippen LogP contribution in [0.2, 0.25) is 0 Å². The lowest BCUT2D eigenvalue weighted by atomic mass is 10.3. The Labute approximate surface area is 107 Å². The van der Waals surface area contributed by atoms with E-state index >= 15 is 0 Å². The van der Waals surface area contributed by atoms with Crippen molar-refractivity contribution in [2.45, 2.75) is 32.7 Å². The molecule has 0 fully saturated rings. The van der Waals surface area contributed by atoms with Crippen molar-refractivity contribution in [3.8, 4) is 0 Å². The average Bonchev–Trinajstić information content (AvgIpc) is 2.74. The van der Waals surface area contributed by atoms with Gasteiger partial charge in [0.25, 0.3) is 0 Å². The molecule has 0 aliphatic rings. The predicted molar refractivity (Wildman–Crippen MR) is 65.5 cm³/mol. The van der Waals surface area contributed by atoms with Crippen LogP contribution in [0.5, 0.6) is 0 Å². The number of rotatable bonds is 8. The zero-order valence-corrected chi connectivity index (χ0v) is 11.7. The molecule has 1 aromatic heterocycles. The summed E-state index contributed by atoms with van der Waals surface area (Å²) < 4.78 is 35.5. The summed E-state index contributed by atoms with van der Waals surface area (Å²) in [6.07, 6.45) is 1.10. The molecular formula is C10H19N3O4S. The lowest BCUT2D eigenvalue weighted by Gasteiger charge is -2.09. The van der Waals surface area contributed by atoms with Crippen LogP contribution in [-0.2, 0) is 21.2 Å². The van der Waals surface area contributed by atoms with Crippen molar-refractivity contribution in [1.82, 2.24) is 14.9 Å². The van der Waals surface area contributed by atoms with Crippen molar-refractivity contribution in [3.63, 3.8) is 0 Å². The van der Waals surface area contributed by atoms with Crippen molar-refractivity contribution < 1.29 is 17.7 Å². The number of nitrogens with one attached hydrogen (secondary N) is 1. The number of hydrogen-bond acceptors (Lipinski definition) is 6. The number of sulfonamides is 1. The fourth-order valence-electron chi connectivity index (χ4n) is 1.39. The second kappa shape index (κ2) is 6.81. The summed E-state index contributed by atoms with van der Waals surface area (Å²) in [4.78, 5) is 4.11. The zero-order valence-electron chi connectivity index (χ0n) is 10.8. The molecule has 1 rings (SSSR count). The van der Waals surface area contributed by atoms with Gasteiger partial charge in [-0.2, -0.15) is 4.98 Å². The molecule has 0 aliphatic carbocycles. The van der Waals surface area contributed by atoms with Gasteiger partial charge in [0.15, 0.2) is 5.82 Å². The summed E-state index contributed by atoms with van der Waals surface area (Å²) in [5.74, 6) is 0.858. The Balaban J connectivity index is 2.61. The maximum absolute atomic E-state index is 11.6. The standard InChI is InChI=1S/C10H19N3O4S/c1-4-7-18(14,15)13-8(2)10-11-9(12-17-10)5-6-16-3/h8,13H,4-7H2,1-3H3. The molecule has 1 atom stereocenters. The van der Waals surface area contributed by atoms with E-state index in [-0.39, 0.29) is 11.6 Å². The zero-order chi connectivity index (χ0) is 13.6. The van der Waals surface area contributed by atoms with E-state index in [9.17, 15) is 8.42 Å². The van der Waals surface area contributed by atoms with Crippen molar-refractivity contribution in [2.75, 3.05) is 19.5 Å². The Bertz CT molecular complexity index is 457. The monoisotopic (exact) mass is 277 g/mol. The first kappa shape index (κ1) is 15.1. The van der Waals surface area contributed by atoms with E-state index in [1.165, 1.54) is 0 Å². The quantitative estimate of drug-likeness (QED) is 0.749. The van der Waals surface area contributed by atoms with Crippen molar-refractivity contribution in [3.05, 3.63) is 11.7 Å². The normalized spacial score (nSPS) is 13.7. The van der Waals surface area contributed by atoms with Crippen molar-refractivity contribution >= 4 is 10.0 Å². The predicted octanol–water partition coefficient (Wildman–Crippen LogP) is 0.649. The van der Waals surface area contributed by atoms with Gasteiger partial charge in [-0.15, -0.1) is 0 Å². The molecule has 0 bridgehead atoms. The van der Waals surface area contributed by atoms with Gasteiger partial charge in [0.05, 0.1) is 18.4 Å². The summed E-state index contributed by atoms with van der Waals surface area (Å²) >= 11 is 0. The second-order valence-electron chi connectivity index (χ2n) is 3.95. The van der Waals surface area contributed by atoms with Gasteiger partial charge in [0.1, 0.15) is 0 Å². The molecule has 1 aromatic rings. The number of nitrogens with zero attached hydrogens (tertiary/aromatic N) is 2. The minimum atomic E-state index is -3.29. The van der Waals surface area contributed by atoms with Crippen LogP contribution in [-0.4, -0.2) is 38.0 Å². The molecular weight excluding hydrogens is 258 g/mol. The maximum Gasteiger partial charge on any atom is 0.244 e. The molecule has 0 aromatic carbocycles. The number of methoxy groups -OCH3 is 1. The van der Waals surface area contributed by atoms with E-state index in [2.05, 4.69) is 14.9 Å². The smallest absolute Gasteiger partial charge is 0.244 e. The largest absolute Gasteiger partial charge is 0.384 e.